The van der Waals surface area contributed by atoms with Crippen LogP contribution in [0, 0.1) is 17.3 Å². The summed E-state index contributed by atoms with van der Waals surface area (Å²) in [7, 11) is 0. The van der Waals surface area contributed by atoms with E-state index in [2.05, 4.69) is 26.8 Å². The number of hydrogen-bond acceptors (Lipinski definition) is 2. The summed E-state index contributed by atoms with van der Waals surface area (Å²) in [6.07, 6.45) is 7.59. The molecule has 4 atom stereocenters. The van der Waals surface area contributed by atoms with Crippen molar-refractivity contribution >= 4 is 0 Å². The standard InChI is InChI=1S/C20H28O2/c1-4-5-6-7-12-10-14(21)18-16(11-12)22-15-9-8-13-17(15)19(18)20(13,2)3/h10-11,13,15,17,19,21H,4-9H2,1-3H3. The Bertz CT molecular complexity index is 590. The SMILES string of the molecule is CCCCCc1cc(O)c2c(c1)OC1CCC3C1C2C3(C)C. The Hall–Kier alpha value is -1.18. The Morgan fingerprint density at radius 2 is 2.05 bits per heavy atom. The molecule has 1 aromatic carbocycles. The van der Waals surface area contributed by atoms with Crippen LogP contribution in [0.4, 0.5) is 0 Å². The second-order valence-corrected chi connectivity index (χ2v) is 8.20. The quantitative estimate of drug-likeness (QED) is 0.790. The summed E-state index contributed by atoms with van der Waals surface area (Å²) in [4.78, 5) is 0. The third-order valence-electron chi connectivity index (χ3n) is 6.64. The van der Waals surface area contributed by atoms with E-state index in [0.717, 1.165) is 23.7 Å². The Morgan fingerprint density at radius 1 is 1.23 bits per heavy atom. The van der Waals surface area contributed by atoms with Crippen molar-refractivity contribution in [2.24, 2.45) is 17.3 Å². The van der Waals surface area contributed by atoms with E-state index >= 15 is 0 Å². The smallest absolute Gasteiger partial charge is 0.127 e. The number of benzene rings is 1. The molecule has 0 radical (unpaired) electrons. The van der Waals surface area contributed by atoms with Crippen LogP contribution < -0.4 is 4.74 Å². The molecule has 0 saturated heterocycles. The molecular weight excluding hydrogens is 272 g/mol. The van der Waals surface area contributed by atoms with E-state index in [0.29, 0.717) is 29.1 Å². The highest BCUT2D eigenvalue weighted by molar-refractivity contribution is 5.54. The molecule has 1 N–H and O–H groups in total. The van der Waals surface area contributed by atoms with Gasteiger partial charge in [0, 0.05) is 17.4 Å². The molecule has 4 unspecified atom stereocenters. The fourth-order valence-corrected chi connectivity index (χ4v) is 5.58. The van der Waals surface area contributed by atoms with E-state index in [4.69, 9.17) is 4.74 Å². The third-order valence-corrected chi connectivity index (χ3v) is 6.64. The van der Waals surface area contributed by atoms with E-state index in [1.54, 1.807) is 0 Å². The molecule has 4 rings (SSSR count). The van der Waals surface area contributed by atoms with Gasteiger partial charge in [-0.25, -0.2) is 0 Å². The van der Waals surface area contributed by atoms with Crippen LogP contribution >= 0.6 is 0 Å². The monoisotopic (exact) mass is 300 g/mol. The Kier molecular flexibility index (Phi) is 3.22. The lowest BCUT2D eigenvalue weighted by Gasteiger charge is -2.59. The van der Waals surface area contributed by atoms with Crippen LogP contribution in [0.3, 0.4) is 0 Å². The minimum atomic E-state index is 0.305. The largest absolute Gasteiger partial charge is 0.508 e. The van der Waals surface area contributed by atoms with Gasteiger partial charge in [-0.15, -0.1) is 0 Å². The first-order valence-electron chi connectivity index (χ1n) is 9.06. The van der Waals surface area contributed by atoms with E-state index in [9.17, 15) is 5.11 Å². The van der Waals surface area contributed by atoms with E-state index < -0.39 is 0 Å². The summed E-state index contributed by atoms with van der Waals surface area (Å²) in [6.45, 7) is 6.98. The second-order valence-electron chi connectivity index (χ2n) is 8.20. The van der Waals surface area contributed by atoms with Crippen LogP contribution in [0.5, 0.6) is 11.5 Å². The maximum atomic E-state index is 10.7. The van der Waals surface area contributed by atoms with Crippen LogP contribution in [-0.2, 0) is 6.42 Å². The zero-order valence-corrected chi connectivity index (χ0v) is 14.1. The Balaban J connectivity index is 1.68. The number of phenols is 1. The van der Waals surface area contributed by atoms with Gasteiger partial charge in [-0.1, -0.05) is 33.6 Å². The number of unbranched alkanes of at least 4 members (excludes halogenated alkanes) is 2. The van der Waals surface area contributed by atoms with Crippen molar-refractivity contribution < 1.29 is 9.84 Å². The number of hydrogen-bond donors (Lipinski definition) is 1. The van der Waals surface area contributed by atoms with Gasteiger partial charge in [0.15, 0.2) is 0 Å². The maximum absolute atomic E-state index is 10.7. The first kappa shape index (κ1) is 14.4. The number of rotatable bonds is 4. The molecule has 0 bridgehead atoms. The predicted octanol–water partition coefficient (Wildman–Crippen LogP) is 5.04. The van der Waals surface area contributed by atoms with Crippen molar-refractivity contribution in [3.8, 4) is 11.5 Å². The number of aromatic hydroxyl groups is 1. The summed E-state index contributed by atoms with van der Waals surface area (Å²) >= 11 is 0. The zero-order valence-electron chi connectivity index (χ0n) is 14.1. The average Bonchev–Trinajstić information content (AvgIpc) is 2.88. The molecule has 1 aromatic rings. The van der Waals surface area contributed by atoms with E-state index in [1.807, 2.05) is 6.07 Å². The van der Waals surface area contributed by atoms with Crippen molar-refractivity contribution in [1.29, 1.82) is 0 Å². The van der Waals surface area contributed by atoms with Gasteiger partial charge in [0.1, 0.15) is 17.6 Å². The van der Waals surface area contributed by atoms with Crippen molar-refractivity contribution in [2.75, 3.05) is 0 Å². The van der Waals surface area contributed by atoms with E-state index in [-0.39, 0.29) is 0 Å². The van der Waals surface area contributed by atoms with Gasteiger partial charge in [-0.3, -0.25) is 0 Å². The summed E-state index contributed by atoms with van der Waals surface area (Å²) in [5.41, 5.74) is 2.64. The molecule has 2 aliphatic carbocycles. The number of fused-ring (bicyclic) bond motifs is 2. The molecule has 2 heteroatoms. The normalized spacial score (nSPS) is 33.6. The Morgan fingerprint density at radius 3 is 2.82 bits per heavy atom. The molecule has 1 heterocycles. The van der Waals surface area contributed by atoms with Gasteiger partial charge in [0.2, 0.25) is 0 Å². The summed E-state index contributed by atoms with van der Waals surface area (Å²) in [5.74, 6) is 3.36. The van der Waals surface area contributed by atoms with Crippen LogP contribution in [0.1, 0.15) is 69.9 Å². The summed E-state index contributed by atoms with van der Waals surface area (Å²) < 4.78 is 6.32. The van der Waals surface area contributed by atoms with Gasteiger partial charge in [0.05, 0.1) is 0 Å². The molecule has 0 aromatic heterocycles. The lowest BCUT2D eigenvalue weighted by molar-refractivity contribution is -0.0797. The maximum Gasteiger partial charge on any atom is 0.127 e. The molecule has 2 nitrogen and oxygen atoms in total. The number of ether oxygens (including phenoxy) is 1. The van der Waals surface area contributed by atoms with Crippen molar-refractivity contribution in [3.63, 3.8) is 0 Å². The van der Waals surface area contributed by atoms with Crippen molar-refractivity contribution in [1.82, 2.24) is 0 Å². The van der Waals surface area contributed by atoms with Crippen LogP contribution in [0.2, 0.25) is 0 Å². The fraction of sp³-hybridized carbons (Fsp3) is 0.700. The molecule has 0 spiro atoms. The first-order valence-corrected chi connectivity index (χ1v) is 9.06. The topological polar surface area (TPSA) is 29.5 Å². The van der Waals surface area contributed by atoms with Crippen molar-refractivity contribution in [2.45, 2.75) is 71.3 Å². The minimum Gasteiger partial charge on any atom is -0.508 e. The zero-order chi connectivity index (χ0) is 15.5. The summed E-state index contributed by atoms with van der Waals surface area (Å²) in [5, 5.41) is 10.7. The third kappa shape index (κ3) is 1.85. The van der Waals surface area contributed by atoms with Gasteiger partial charge in [-0.05, 0) is 54.7 Å². The lowest BCUT2D eigenvalue weighted by Crippen LogP contribution is -2.55. The lowest BCUT2D eigenvalue weighted by atomic mass is 9.46. The highest BCUT2D eigenvalue weighted by atomic mass is 16.5. The molecule has 1 aliphatic heterocycles. The molecule has 3 aliphatic rings. The average molecular weight is 300 g/mol. The molecular formula is C20H28O2. The number of aryl methyl sites for hydroxylation is 1. The highest BCUT2D eigenvalue weighted by Gasteiger charge is 2.65. The van der Waals surface area contributed by atoms with E-state index in [1.165, 1.54) is 37.7 Å². The summed E-state index contributed by atoms with van der Waals surface area (Å²) in [6, 6.07) is 4.21. The molecule has 120 valence electrons. The van der Waals surface area contributed by atoms with Crippen LogP contribution in [0.15, 0.2) is 12.1 Å². The Labute approximate surface area is 133 Å². The van der Waals surface area contributed by atoms with Crippen LogP contribution in [0.25, 0.3) is 0 Å². The van der Waals surface area contributed by atoms with Crippen molar-refractivity contribution in [3.05, 3.63) is 23.3 Å². The molecule has 2 fully saturated rings. The first-order chi connectivity index (χ1) is 10.5. The second kappa shape index (κ2) is 4.91. The molecule has 22 heavy (non-hydrogen) atoms. The molecule has 2 saturated carbocycles. The fourth-order valence-electron chi connectivity index (χ4n) is 5.58. The van der Waals surface area contributed by atoms with Crippen LogP contribution in [-0.4, -0.2) is 11.2 Å². The van der Waals surface area contributed by atoms with Gasteiger partial charge >= 0.3 is 0 Å². The number of phenolic OH excluding ortho intramolecular Hbond substituents is 1. The van der Waals surface area contributed by atoms with Gasteiger partial charge in [0.25, 0.3) is 0 Å². The minimum absolute atomic E-state index is 0.305. The van der Waals surface area contributed by atoms with Gasteiger partial charge in [-0.2, -0.15) is 0 Å². The predicted molar refractivity (Wildman–Crippen MR) is 88.5 cm³/mol. The van der Waals surface area contributed by atoms with Gasteiger partial charge < -0.3 is 9.84 Å². The molecule has 0 amide bonds. The highest BCUT2D eigenvalue weighted by Crippen LogP contribution is 2.71.